The van der Waals surface area contributed by atoms with Crippen molar-refractivity contribution >= 4 is 11.7 Å². The number of nitrogens with one attached hydrogen (secondary N) is 2. The molecule has 0 aliphatic carbocycles. The van der Waals surface area contributed by atoms with Crippen LogP contribution in [0.25, 0.3) is 0 Å². The topological polar surface area (TPSA) is 87.0 Å². The number of nitrogens with zero attached hydrogens (tertiary/aromatic N) is 2. The third-order valence-corrected chi connectivity index (χ3v) is 2.23. The highest BCUT2D eigenvalue weighted by Crippen LogP contribution is 2.04. The molecule has 0 aliphatic heterocycles. The summed E-state index contributed by atoms with van der Waals surface area (Å²) in [5, 5.41) is 9.02. The second-order valence-electron chi connectivity index (χ2n) is 3.96. The Bertz CT molecular complexity index is 334. The zero-order valence-corrected chi connectivity index (χ0v) is 9.79. The molecular weight excluding hydrogens is 206 g/mol. The zero-order valence-electron chi connectivity index (χ0n) is 9.79. The average Bonchev–Trinajstić information content (AvgIpc) is 2.63. The summed E-state index contributed by atoms with van der Waals surface area (Å²) in [5.74, 6) is 0.141. The molecule has 0 bridgehead atoms. The Balaban J connectivity index is 2.19. The van der Waals surface area contributed by atoms with Gasteiger partial charge in [-0.2, -0.15) is 5.10 Å². The molecule has 6 nitrogen and oxygen atoms in total. The van der Waals surface area contributed by atoms with E-state index in [1.54, 1.807) is 0 Å². The van der Waals surface area contributed by atoms with Crippen molar-refractivity contribution < 1.29 is 4.79 Å². The molecule has 1 aromatic heterocycles. The van der Waals surface area contributed by atoms with E-state index in [0.717, 1.165) is 19.4 Å². The lowest BCUT2D eigenvalue weighted by Crippen LogP contribution is -2.25. The minimum absolute atomic E-state index is 0.170. The summed E-state index contributed by atoms with van der Waals surface area (Å²) < 4.78 is 0. The summed E-state index contributed by atoms with van der Waals surface area (Å²) in [4.78, 5) is 13.7. The van der Waals surface area contributed by atoms with E-state index in [1.165, 1.54) is 6.20 Å². The minimum atomic E-state index is -0.170. The van der Waals surface area contributed by atoms with Crippen LogP contribution in [-0.4, -0.2) is 48.2 Å². The first-order valence-electron chi connectivity index (χ1n) is 5.33. The monoisotopic (exact) mass is 225 g/mol. The molecule has 0 saturated heterocycles. The van der Waals surface area contributed by atoms with E-state index in [2.05, 4.69) is 20.4 Å². The first-order chi connectivity index (χ1) is 7.61. The van der Waals surface area contributed by atoms with Gasteiger partial charge in [0.05, 0.1) is 6.20 Å². The number of amides is 1. The van der Waals surface area contributed by atoms with Gasteiger partial charge in [-0.3, -0.25) is 9.89 Å². The van der Waals surface area contributed by atoms with Gasteiger partial charge in [0, 0.05) is 6.54 Å². The maximum absolute atomic E-state index is 11.6. The van der Waals surface area contributed by atoms with E-state index in [1.807, 2.05) is 14.1 Å². The van der Waals surface area contributed by atoms with E-state index < -0.39 is 0 Å². The number of aromatic amines is 1. The van der Waals surface area contributed by atoms with Crippen LogP contribution in [0.5, 0.6) is 0 Å². The van der Waals surface area contributed by atoms with Gasteiger partial charge >= 0.3 is 0 Å². The molecule has 90 valence electrons. The zero-order chi connectivity index (χ0) is 12.0. The fourth-order valence-electron chi connectivity index (χ4n) is 1.33. The highest BCUT2D eigenvalue weighted by Gasteiger charge is 2.10. The number of hydrogen-bond acceptors (Lipinski definition) is 4. The van der Waals surface area contributed by atoms with Crippen LogP contribution >= 0.6 is 0 Å². The van der Waals surface area contributed by atoms with Gasteiger partial charge in [0.25, 0.3) is 5.91 Å². The van der Waals surface area contributed by atoms with Gasteiger partial charge in [-0.1, -0.05) is 0 Å². The van der Waals surface area contributed by atoms with Gasteiger partial charge < -0.3 is 16.0 Å². The van der Waals surface area contributed by atoms with Gasteiger partial charge in [0.15, 0.2) is 0 Å². The van der Waals surface area contributed by atoms with Crippen molar-refractivity contribution in [2.24, 2.45) is 0 Å². The smallest absolute Gasteiger partial charge is 0.256 e. The molecule has 0 aromatic carbocycles. The summed E-state index contributed by atoms with van der Waals surface area (Å²) in [7, 11) is 4.06. The van der Waals surface area contributed by atoms with Crippen LogP contribution in [0.3, 0.4) is 0 Å². The summed E-state index contributed by atoms with van der Waals surface area (Å²) in [6, 6.07) is 0. The third kappa shape index (κ3) is 3.90. The fraction of sp³-hybridized carbons (Fsp3) is 0.600. The lowest BCUT2D eigenvalue weighted by atomic mass is 10.2. The Hall–Kier alpha value is -1.56. The number of rotatable bonds is 6. The van der Waals surface area contributed by atoms with E-state index in [0.29, 0.717) is 17.9 Å². The SMILES string of the molecule is CN(C)CCCCNC(=O)c1cn[nH]c1N. The molecule has 0 radical (unpaired) electrons. The van der Waals surface area contributed by atoms with Crippen LogP contribution in [0.1, 0.15) is 23.2 Å². The Morgan fingerprint density at radius 3 is 2.88 bits per heavy atom. The number of nitrogen functional groups attached to an aromatic ring is 1. The molecule has 1 amide bonds. The summed E-state index contributed by atoms with van der Waals surface area (Å²) in [6.45, 7) is 1.70. The number of carbonyl (C=O) groups excluding carboxylic acids is 1. The molecule has 0 aliphatic rings. The maximum Gasteiger partial charge on any atom is 0.256 e. The normalized spacial score (nSPS) is 10.7. The lowest BCUT2D eigenvalue weighted by Gasteiger charge is -2.09. The van der Waals surface area contributed by atoms with Crippen molar-refractivity contribution in [3.63, 3.8) is 0 Å². The van der Waals surface area contributed by atoms with E-state index in [4.69, 9.17) is 5.73 Å². The van der Waals surface area contributed by atoms with Crippen molar-refractivity contribution in [2.75, 3.05) is 32.9 Å². The second-order valence-corrected chi connectivity index (χ2v) is 3.96. The van der Waals surface area contributed by atoms with Crippen molar-refractivity contribution in [3.8, 4) is 0 Å². The van der Waals surface area contributed by atoms with Crippen molar-refractivity contribution in [3.05, 3.63) is 11.8 Å². The first kappa shape index (κ1) is 12.5. The number of carbonyl (C=O) groups is 1. The van der Waals surface area contributed by atoms with Crippen LogP contribution in [0, 0.1) is 0 Å². The van der Waals surface area contributed by atoms with Crippen molar-refractivity contribution in [2.45, 2.75) is 12.8 Å². The van der Waals surface area contributed by atoms with E-state index >= 15 is 0 Å². The van der Waals surface area contributed by atoms with E-state index in [-0.39, 0.29) is 5.91 Å². The fourth-order valence-corrected chi connectivity index (χ4v) is 1.33. The molecule has 4 N–H and O–H groups in total. The Kier molecular flexibility index (Phi) is 4.78. The molecule has 0 spiro atoms. The van der Waals surface area contributed by atoms with Gasteiger partial charge in [-0.05, 0) is 33.5 Å². The second kappa shape index (κ2) is 6.12. The van der Waals surface area contributed by atoms with Crippen LogP contribution < -0.4 is 11.1 Å². The largest absolute Gasteiger partial charge is 0.383 e. The van der Waals surface area contributed by atoms with Crippen LogP contribution in [0.2, 0.25) is 0 Å². The number of H-pyrrole nitrogens is 1. The van der Waals surface area contributed by atoms with Crippen molar-refractivity contribution in [1.82, 2.24) is 20.4 Å². The van der Waals surface area contributed by atoms with Crippen LogP contribution in [0.4, 0.5) is 5.82 Å². The molecule has 0 saturated carbocycles. The van der Waals surface area contributed by atoms with Crippen LogP contribution in [-0.2, 0) is 0 Å². The number of anilines is 1. The number of hydrogen-bond donors (Lipinski definition) is 3. The van der Waals surface area contributed by atoms with Gasteiger partial charge in [0.1, 0.15) is 11.4 Å². The average molecular weight is 225 g/mol. The quantitative estimate of drug-likeness (QED) is 0.598. The molecule has 6 heteroatoms. The molecule has 0 unspecified atom stereocenters. The number of unbranched alkanes of at least 4 members (excludes halogenated alkanes) is 1. The predicted molar refractivity (Wildman–Crippen MR) is 63.1 cm³/mol. The number of aromatic nitrogens is 2. The first-order valence-corrected chi connectivity index (χ1v) is 5.33. The third-order valence-electron chi connectivity index (χ3n) is 2.23. The van der Waals surface area contributed by atoms with Gasteiger partial charge in [0.2, 0.25) is 0 Å². The summed E-state index contributed by atoms with van der Waals surface area (Å²) in [6.07, 6.45) is 3.46. The molecular formula is C10H19N5O. The standard InChI is InChI=1S/C10H19N5O/c1-15(2)6-4-3-5-12-10(16)8-7-13-14-9(8)11/h7H,3-6H2,1-2H3,(H,12,16)(H3,11,13,14). The Labute approximate surface area is 95.2 Å². The molecule has 1 rings (SSSR count). The highest BCUT2D eigenvalue weighted by molar-refractivity contribution is 5.97. The van der Waals surface area contributed by atoms with Crippen LogP contribution in [0.15, 0.2) is 6.20 Å². The summed E-state index contributed by atoms with van der Waals surface area (Å²) >= 11 is 0. The Morgan fingerprint density at radius 1 is 1.56 bits per heavy atom. The summed E-state index contributed by atoms with van der Waals surface area (Å²) in [5.41, 5.74) is 5.94. The number of nitrogens with two attached hydrogens (primary N) is 1. The van der Waals surface area contributed by atoms with E-state index in [9.17, 15) is 4.79 Å². The molecule has 0 atom stereocenters. The molecule has 16 heavy (non-hydrogen) atoms. The maximum atomic E-state index is 11.6. The molecule has 0 fully saturated rings. The van der Waals surface area contributed by atoms with Crippen molar-refractivity contribution in [1.29, 1.82) is 0 Å². The minimum Gasteiger partial charge on any atom is -0.383 e. The molecule has 1 aromatic rings. The highest BCUT2D eigenvalue weighted by atomic mass is 16.1. The molecule has 1 heterocycles. The van der Waals surface area contributed by atoms with Gasteiger partial charge in [-0.15, -0.1) is 0 Å². The predicted octanol–water partition coefficient (Wildman–Crippen LogP) is 0.0635. The Morgan fingerprint density at radius 2 is 2.31 bits per heavy atom. The van der Waals surface area contributed by atoms with Gasteiger partial charge in [-0.25, -0.2) is 0 Å². The lowest BCUT2D eigenvalue weighted by molar-refractivity contribution is 0.0953.